The lowest BCUT2D eigenvalue weighted by Crippen LogP contribution is -1.96. The molecule has 4 nitrogen and oxygen atoms in total. The molecule has 0 saturated carbocycles. The topological polar surface area (TPSA) is 63.3 Å². The van der Waals surface area contributed by atoms with Crippen LogP contribution in [0.1, 0.15) is 16.1 Å². The Morgan fingerprint density at radius 1 is 1.47 bits per heavy atom. The zero-order chi connectivity index (χ0) is 12.3. The molecule has 0 aliphatic carbocycles. The first kappa shape index (κ1) is 12.2. The van der Waals surface area contributed by atoms with Crippen LogP contribution < -0.4 is 0 Å². The summed E-state index contributed by atoms with van der Waals surface area (Å²) in [7, 11) is 0. The number of furan rings is 1. The maximum Gasteiger partial charge on any atom is 0.335 e. The van der Waals surface area contributed by atoms with Crippen molar-refractivity contribution >= 4 is 33.7 Å². The van der Waals surface area contributed by atoms with Crippen LogP contribution in [0.4, 0.5) is 0 Å². The number of carbonyl (C=O) groups is 1. The van der Waals surface area contributed by atoms with E-state index in [-0.39, 0.29) is 5.56 Å². The van der Waals surface area contributed by atoms with E-state index in [1.807, 2.05) is 12.1 Å². The van der Waals surface area contributed by atoms with Crippen molar-refractivity contribution in [3.63, 3.8) is 0 Å². The van der Waals surface area contributed by atoms with Gasteiger partial charge in [-0.1, -0.05) is 11.8 Å². The first-order chi connectivity index (χ1) is 8.15. The van der Waals surface area contributed by atoms with Crippen molar-refractivity contribution in [2.45, 2.75) is 10.8 Å². The molecule has 88 valence electrons. The molecule has 0 aliphatic heterocycles. The van der Waals surface area contributed by atoms with Crippen LogP contribution in [-0.4, -0.2) is 16.1 Å². The lowest BCUT2D eigenvalue weighted by atomic mass is 10.3. The van der Waals surface area contributed by atoms with Crippen LogP contribution in [0.25, 0.3) is 0 Å². The molecule has 2 heterocycles. The number of nitrogens with zero attached hydrogens (tertiary/aromatic N) is 1. The van der Waals surface area contributed by atoms with Crippen molar-refractivity contribution in [2.75, 3.05) is 0 Å². The van der Waals surface area contributed by atoms with Gasteiger partial charge in [-0.3, -0.25) is 0 Å². The predicted octanol–water partition coefficient (Wildman–Crippen LogP) is 3.43. The van der Waals surface area contributed by atoms with Crippen LogP contribution in [0, 0.1) is 0 Å². The Hall–Kier alpha value is -1.27. The van der Waals surface area contributed by atoms with E-state index >= 15 is 0 Å². The van der Waals surface area contributed by atoms with E-state index in [0.717, 1.165) is 5.76 Å². The summed E-state index contributed by atoms with van der Waals surface area (Å²) in [6.07, 6.45) is 1.49. The molecule has 0 bridgehead atoms. The highest BCUT2D eigenvalue weighted by molar-refractivity contribution is 9.10. The second-order valence-corrected chi connectivity index (χ2v) is 4.96. The fourth-order valence-electron chi connectivity index (χ4n) is 1.20. The van der Waals surface area contributed by atoms with Crippen LogP contribution in [0.2, 0.25) is 0 Å². The summed E-state index contributed by atoms with van der Waals surface area (Å²) in [5, 5.41) is 9.50. The lowest BCUT2D eigenvalue weighted by Gasteiger charge is -1.99. The fourth-order valence-corrected chi connectivity index (χ4v) is 2.33. The second kappa shape index (κ2) is 5.37. The molecule has 0 unspecified atom stereocenters. The van der Waals surface area contributed by atoms with E-state index in [0.29, 0.717) is 15.4 Å². The van der Waals surface area contributed by atoms with Crippen molar-refractivity contribution < 1.29 is 14.3 Å². The molecule has 0 fully saturated rings. The smallest absolute Gasteiger partial charge is 0.335 e. The van der Waals surface area contributed by atoms with Crippen LogP contribution in [0.3, 0.4) is 0 Å². The monoisotopic (exact) mass is 313 g/mol. The number of hydrogen-bond acceptors (Lipinski definition) is 4. The molecule has 2 rings (SSSR count). The molecular formula is C11H8BrNO3S. The van der Waals surface area contributed by atoms with Crippen molar-refractivity contribution in [3.8, 4) is 0 Å². The van der Waals surface area contributed by atoms with E-state index in [1.54, 1.807) is 6.07 Å². The number of halogens is 1. The van der Waals surface area contributed by atoms with Crippen molar-refractivity contribution in [1.29, 1.82) is 0 Å². The summed E-state index contributed by atoms with van der Waals surface area (Å²) < 4.78 is 6.02. The molecule has 0 aliphatic rings. The lowest BCUT2D eigenvalue weighted by molar-refractivity contribution is 0.0696. The van der Waals surface area contributed by atoms with E-state index in [1.165, 1.54) is 24.0 Å². The highest BCUT2D eigenvalue weighted by Gasteiger charge is 2.06. The minimum atomic E-state index is -0.949. The normalized spacial score (nSPS) is 10.4. The minimum Gasteiger partial charge on any atom is -0.478 e. The molecular weight excluding hydrogens is 306 g/mol. The Morgan fingerprint density at radius 3 is 2.94 bits per heavy atom. The maximum absolute atomic E-state index is 10.8. The van der Waals surface area contributed by atoms with Crippen LogP contribution in [0.5, 0.6) is 0 Å². The molecule has 0 aromatic carbocycles. The van der Waals surface area contributed by atoms with Gasteiger partial charge in [0.05, 0.1) is 16.3 Å². The van der Waals surface area contributed by atoms with E-state index in [2.05, 4.69) is 20.9 Å². The summed E-state index contributed by atoms with van der Waals surface area (Å²) in [5.41, 5.74) is 0.239. The minimum absolute atomic E-state index is 0.239. The van der Waals surface area contributed by atoms with Crippen LogP contribution >= 0.6 is 27.7 Å². The summed E-state index contributed by atoms with van der Waals surface area (Å²) in [6, 6.07) is 6.69. The zero-order valence-electron chi connectivity index (χ0n) is 8.59. The number of hydrogen-bond donors (Lipinski definition) is 1. The van der Waals surface area contributed by atoms with Gasteiger partial charge in [-0.15, -0.1) is 0 Å². The standard InChI is InChI=1S/C11H8BrNO3S/c12-9-2-1-8(16-9)6-17-10-5-7(11(14)15)3-4-13-10/h1-5H,6H2,(H,14,15). The number of rotatable bonds is 4. The fraction of sp³-hybridized carbons (Fsp3) is 0.0909. The number of carboxylic acid groups (broad SMARTS) is 1. The molecule has 0 saturated heterocycles. The molecule has 0 spiro atoms. The Morgan fingerprint density at radius 2 is 2.29 bits per heavy atom. The number of carboxylic acids is 1. The summed E-state index contributed by atoms with van der Waals surface area (Å²) in [4.78, 5) is 14.9. The Kier molecular flexibility index (Phi) is 3.86. The average molecular weight is 314 g/mol. The number of thioether (sulfide) groups is 1. The first-order valence-corrected chi connectivity index (χ1v) is 6.49. The van der Waals surface area contributed by atoms with Crippen LogP contribution in [0.15, 0.2) is 44.6 Å². The van der Waals surface area contributed by atoms with Gasteiger partial charge < -0.3 is 9.52 Å². The molecule has 0 radical (unpaired) electrons. The van der Waals surface area contributed by atoms with E-state index in [4.69, 9.17) is 9.52 Å². The molecule has 0 amide bonds. The average Bonchev–Trinajstić information content (AvgIpc) is 2.73. The van der Waals surface area contributed by atoms with Crippen molar-refractivity contribution in [3.05, 3.63) is 46.5 Å². The van der Waals surface area contributed by atoms with Gasteiger partial charge in [0.2, 0.25) is 0 Å². The van der Waals surface area contributed by atoms with E-state index < -0.39 is 5.97 Å². The van der Waals surface area contributed by atoms with E-state index in [9.17, 15) is 4.79 Å². The number of aromatic carboxylic acids is 1. The second-order valence-electron chi connectivity index (χ2n) is 3.18. The predicted molar refractivity (Wildman–Crippen MR) is 67.2 cm³/mol. The van der Waals surface area contributed by atoms with Crippen molar-refractivity contribution in [1.82, 2.24) is 4.98 Å². The summed E-state index contributed by atoms with van der Waals surface area (Å²) in [5.74, 6) is 0.473. The van der Waals surface area contributed by atoms with Gasteiger partial charge >= 0.3 is 5.97 Å². The first-order valence-electron chi connectivity index (χ1n) is 4.71. The molecule has 6 heteroatoms. The largest absolute Gasteiger partial charge is 0.478 e. The van der Waals surface area contributed by atoms with Gasteiger partial charge in [-0.2, -0.15) is 0 Å². The van der Waals surface area contributed by atoms with Gasteiger partial charge in [0, 0.05) is 6.20 Å². The van der Waals surface area contributed by atoms with Gasteiger partial charge in [-0.05, 0) is 40.2 Å². The quantitative estimate of drug-likeness (QED) is 0.876. The van der Waals surface area contributed by atoms with Gasteiger partial charge in [0.1, 0.15) is 5.76 Å². The maximum atomic E-state index is 10.8. The molecule has 2 aromatic heterocycles. The Bertz CT molecular complexity index is 541. The Labute approximate surface area is 110 Å². The third-order valence-corrected chi connectivity index (χ3v) is 3.35. The molecule has 1 N–H and O–H groups in total. The highest BCUT2D eigenvalue weighted by atomic mass is 79.9. The summed E-state index contributed by atoms with van der Waals surface area (Å²) >= 11 is 4.65. The zero-order valence-corrected chi connectivity index (χ0v) is 11.0. The van der Waals surface area contributed by atoms with Crippen molar-refractivity contribution in [2.24, 2.45) is 0 Å². The van der Waals surface area contributed by atoms with Gasteiger partial charge in [-0.25, -0.2) is 9.78 Å². The molecule has 17 heavy (non-hydrogen) atoms. The molecule has 0 atom stereocenters. The number of aromatic nitrogens is 1. The third kappa shape index (κ3) is 3.34. The third-order valence-electron chi connectivity index (χ3n) is 1.97. The van der Waals surface area contributed by atoms with Crippen LogP contribution in [-0.2, 0) is 5.75 Å². The highest BCUT2D eigenvalue weighted by Crippen LogP contribution is 2.24. The van der Waals surface area contributed by atoms with Gasteiger partial charge in [0.25, 0.3) is 0 Å². The van der Waals surface area contributed by atoms with Gasteiger partial charge in [0.15, 0.2) is 4.67 Å². The SMILES string of the molecule is O=C(O)c1ccnc(SCc2ccc(Br)o2)c1. The number of pyridine rings is 1. The summed E-state index contributed by atoms with van der Waals surface area (Å²) in [6.45, 7) is 0. The molecule has 2 aromatic rings. The Balaban J connectivity index is 2.04.